The van der Waals surface area contributed by atoms with Crippen molar-refractivity contribution in [2.75, 3.05) is 37.6 Å². The van der Waals surface area contributed by atoms with Crippen molar-refractivity contribution in [3.8, 4) is 0 Å². The Morgan fingerprint density at radius 1 is 0.846 bits per heavy atom. The van der Waals surface area contributed by atoms with E-state index in [4.69, 9.17) is 0 Å². The van der Waals surface area contributed by atoms with E-state index in [1.54, 1.807) is 12.1 Å². The van der Waals surface area contributed by atoms with E-state index in [1.165, 1.54) is 57.9 Å². The third kappa shape index (κ3) is 7.32. The van der Waals surface area contributed by atoms with Crippen LogP contribution in [-0.4, -0.2) is 42.5 Å². The summed E-state index contributed by atoms with van der Waals surface area (Å²) in [5, 5.41) is 10.7. The summed E-state index contributed by atoms with van der Waals surface area (Å²) >= 11 is 0. The van der Waals surface area contributed by atoms with Crippen molar-refractivity contribution in [1.82, 2.24) is 4.90 Å². The molecule has 0 bridgehead atoms. The predicted molar refractivity (Wildman–Crippen MR) is 109 cm³/mol. The van der Waals surface area contributed by atoms with Gasteiger partial charge in [-0.25, -0.2) is 0 Å². The normalized spacial score (nSPS) is 15.3. The molecule has 0 spiro atoms. The molecule has 1 radical (unpaired) electrons. The number of piperazine rings is 1. The Labute approximate surface area is 158 Å². The summed E-state index contributed by atoms with van der Waals surface area (Å²) in [4.78, 5) is 15.3. The molecular weight excluding hydrogens is 326 g/mol. The van der Waals surface area contributed by atoms with Crippen molar-refractivity contribution in [2.24, 2.45) is 0 Å². The monoisotopic (exact) mass is 360 g/mol. The second kappa shape index (κ2) is 11.9. The molecule has 1 aromatic carbocycles. The molecule has 1 aliphatic heterocycles. The smallest absolute Gasteiger partial charge is 0.269 e. The Balaban J connectivity index is 1.54. The first-order valence-electron chi connectivity index (χ1n) is 10.2. The lowest BCUT2D eigenvalue weighted by Gasteiger charge is -2.36. The number of unbranched alkanes of at least 4 members (excludes halogenated alkanes) is 8. The van der Waals surface area contributed by atoms with Crippen molar-refractivity contribution in [3.63, 3.8) is 0 Å². The summed E-state index contributed by atoms with van der Waals surface area (Å²) in [6, 6.07) is 6.93. The molecule has 2 rings (SSSR count). The van der Waals surface area contributed by atoms with Crippen LogP contribution >= 0.6 is 0 Å². The largest absolute Gasteiger partial charge is 0.369 e. The van der Waals surface area contributed by atoms with Gasteiger partial charge in [0.25, 0.3) is 5.69 Å². The van der Waals surface area contributed by atoms with E-state index < -0.39 is 0 Å². The van der Waals surface area contributed by atoms with Gasteiger partial charge in [-0.2, -0.15) is 0 Å². The molecule has 1 aliphatic rings. The van der Waals surface area contributed by atoms with Crippen molar-refractivity contribution in [1.29, 1.82) is 0 Å². The maximum absolute atomic E-state index is 10.7. The standard InChI is InChI=1S/C21H34N3O2/c1-2-3-4-5-6-7-8-9-10-15-22-16-18-23(19-17-22)20-11-13-21(14-12-20)24(25)26/h11-14H,1-10,15-19H2. The summed E-state index contributed by atoms with van der Waals surface area (Å²) in [5.74, 6) is 0. The first-order valence-corrected chi connectivity index (χ1v) is 10.2. The molecule has 0 N–H and O–H groups in total. The second-order valence-corrected chi connectivity index (χ2v) is 7.28. The van der Waals surface area contributed by atoms with Crippen LogP contribution in [0.1, 0.15) is 57.8 Å². The quantitative estimate of drug-likeness (QED) is 0.297. The summed E-state index contributed by atoms with van der Waals surface area (Å²) in [5.41, 5.74) is 1.25. The van der Waals surface area contributed by atoms with E-state index in [0.717, 1.165) is 38.3 Å². The highest BCUT2D eigenvalue weighted by molar-refractivity contribution is 5.51. The van der Waals surface area contributed by atoms with Crippen LogP contribution in [0.15, 0.2) is 24.3 Å². The van der Waals surface area contributed by atoms with Gasteiger partial charge in [0.1, 0.15) is 0 Å². The fourth-order valence-electron chi connectivity index (χ4n) is 3.59. The molecule has 1 heterocycles. The number of benzene rings is 1. The molecule has 0 atom stereocenters. The van der Waals surface area contributed by atoms with E-state index in [0.29, 0.717) is 0 Å². The van der Waals surface area contributed by atoms with Crippen LogP contribution in [0.5, 0.6) is 0 Å². The Kier molecular flexibility index (Phi) is 9.46. The number of nitrogens with zero attached hydrogens (tertiary/aromatic N) is 3. The number of non-ortho nitro benzene ring substituents is 1. The molecule has 1 saturated heterocycles. The first-order chi connectivity index (χ1) is 12.7. The molecule has 0 unspecified atom stereocenters. The molecule has 26 heavy (non-hydrogen) atoms. The fraction of sp³-hybridized carbons (Fsp3) is 0.667. The average Bonchev–Trinajstić information content (AvgIpc) is 2.67. The molecular formula is C21H34N3O2. The predicted octanol–water partition coefficient (Wildman–Crippen LogP) is 5.06. The van der Waals surface area contributed by atoms with Crippen molar-refractivity contribution < 1.29 is 4.92 Å². The zero-order chi connectivity index (χ0) is 18.6. The lowest BCUT2D eigenvalue weighted by Crippen LogP contribution is -2.46. The summed E-state index contributed by atoms with van der Waals surface area (Å²) in [7, 11) is 0. The topological polar surface area (TPSA) is 49.6 Å². The first kappa shape index (κ1) is 20.7. The highest BCUT2D eigenvalue weighted by atomic mass is 16.6. The second-order valence-electron chi connectivity index (χ2n) is 7.28. The minimum absolute atomic E-state index is 0.162. The summed E-state index contributed by atoms with van der Waals surface area (Å²) in [6.07, 6.45) is 11.9. The molecule has 1 aromatic rings. The van der Waals surface area contributed by atoms with Gasteiger partial charge in [0.05, 0.1) is 4.92 Å². The van der Waals surface area contributed by atoms with Gasteiger partial charge >= 0.3 is 0 Å². The average molecular weight is 361 g/mol. The van der Waals surface area contributed by atoms with Gasteiger partial charge in [-0.3, -0.25) is 15.0 Å². The fourth-order valence-corrected chi connectivity index (χ4v) is 3.59. The molecule has 0 aliphatic carbocycles. The number of hydrogen-bond donors (Lipinski definition) is 0. The lowest BCUT2D eigenvalue weighted by molar-refractivity contribution is -0.384. The van der Waals surface area contributed by atoms with E-state index in [2.05, 4.69) is 16.7 Å². The Hall–Kier alpha value is -1.62. The van der Waals surface area contributed by atoms with Crippen LogP contribution in [-0.2, 0) is 0 Å². The molecule has 0 aromatic heterocycles. The van der Waals surface area contributed by atoms with Crippen LogP contribution in [0.3, 0.4) is 0 Å². The highest BCUT2D eigenvalue weighted by Gasteiger charge is 2.17. The van der Waals surface area contributed by atoms with Gasteiger partial charge in [0.2, 0.25) is 0 Å². The number of rotatable bonds is 12. The van der Waals surface area contributed by atoms with Crippen LogP contribution in [0.25, 0.3) is 0 Å². The van der Waals surface area contributed by atoms with Crippen LogP contribution in [0.2, 0.25) is 0 Å². The Bertz CT molecular complexity index is 510. The van der Waals surface area contributed by atoms with Gasteiger partial charge < -0.3 is 4.90 Å². The van der Waals surface area contributed by atoms with Crippen molar-refractivity contribution in [2.45, 2.75) is 57.8 Å². The van der Waals surface area contributed by atoms with Gasteiger partial charge in [-0.15, -0.1) is 0 Å². The van der Waals surface area contributed by atoms with Crippen LogP contribution in [0.4, 0.5) is 11.4 Å². The Morgan fingerprint density at radius 3 is 1.92 bits per heavy atom. The molecule has 5 nitrogen and oxygen atoms in total. The maximum atomic E-state index is 10.7. The molecule has 1 fully saturated rings. The zero-order valence-corrected chi connectivity index (χ0v) is 16.1. The minimum Gasteiger partial charge on any atom is -0.369 e. The number of nitro benzene ring substituents is 1. The Morgan fingerprint density at radius 2 is 1.38 bits per heavy atom. The van der Waals surface area contributed by atoms with E-state index in [9.17, 15) is 10.1 Å². The van der Waals surface area contributed by atoms with Crippen LogP contribution < -0.4 is 4.90 Å². The van der Waals surface area contributed by atoms with Crippen molar-refractivity contribution >= 4 is 11.4 Å². The minimum atomic E-state index is -0.343. The zero-order valence-electron chi connectivity index (χ0n) is 16.1. The van der Waals surface area contributed by atoms with E-state index in [1.807, 2.05) is 12.1 Å². The molecule has 5 heteroatoms. The molecule has 0 amide bonds. The molecule has 145 valence electrons. The van der Waals surface area contributed by atoms with Crippen LogP contribution in [0, 0.1) is 17.0 Å². The third-order valence-corrected chi connectivity index (χ3v) is 5.27. The van der Waals surface area contributed by atoms with Crippen molar-refractivity contribution in [3.05, 3.63) is 41.3 Å². The van der Waals surface area contributed by atoms with Gasteiger partial charge in [0, 0.05) is 44.0 Å². The van der Waals surface area contributed by atoms with E-state index in [-0.39, 0.29) is 10.6 Å². The summed E-state index contributed by atoms with van der Waals surface area (Å²) < 4.78 is 0. The number of anilines is 1. The van der Waals surface area contributed by atoms with Gasteiger partial charge in [-0.05, 0) is 25.1 Å². The van der Waals surface area contributed by atoms with Gasteiger partial charge in [0.15, 0.2) is 0 Å². The molecule has 0 saturated carbocycles. The SMILES string of the molecule is [CH2]CCCCCCCCCCN1CCN(c2ccc([N+](=O)[O-])cc2)CC1. The number of nitro groups is 1. The lowest BCUT2D eigenvalue weighted by atomic mass is 10.1. The maximum Gasteiger partial charge on any atom is 0.269 e. The van der Waals surface area contributed by atoms with E-state index >= 15 is 0 Å². The third-order valence-electron chi connectivity index (χ3n) is 5.27. The number of hydrogen-bond acceptors (Lipinski definition) is 4. The highest BCUT2D eigenvalue weighted by Crippen LogP contribution is 2.20. The summed E-state index contributed by atoms with van der Waals surface area (Å²) in [6.45, 7) is 9.27. The van der Waals surface area contributed by atoms with Gasteiger partial charge in [-0.1, -0.05) is 58.3 Å².